The number of hydrogen-bond donors (Lipinski definition) is 6. The average molecular weight is 833 g/mol. The van der Waals surface area contributed by atoms with E-state index in [2.05, 4.69) is 11.8 Å². The van der Waals surface area contributed by atoms with E-state index in [0.29, 0.717) is 25.9 Å². The van der Waals surface area contributed by atoms with Gasteiger partial charge in [0.05, 0.1) is 31.2 Å². The lowest BCUT2D eigenvalue weighted by Gasteiger charge is -2.40. The van der Waals surface area contributed by atoms with Crippen LogP contribution in [0.5, 0.6) is 0 Å². The maximum absolute atomic E-state index is 15.3. The third-order valence-electron chi connectivity index (χ3n) is 11.5. The van der Waals surface area contributed by atoms with Crippen molar-refractivity contribution < 1.29 is 54.0 Å². The third-order valence-corrected chi connectivity index (χ3v) is 11.5. The molecule has 2 saturated heterocycles. The number of amides is 1. The van der Waals surface area contributed by atoms with Crippen molar-refractivity contribution in [1.29, 1.82) is 0 Å². The first-order chi connectivity index (χ1) is 27.8. The highest BCUT2D eigenvalue weighted by Crippen LogP contribution is 2.26. The van der Waals surface area contributed by atoms with Crippen LogP contribution in [-0.4, -0.2) is 141 Å². The number of ether oxygens (including phenoxy) is 3. The molecule has 2 rings (SSSR count). The number of carbonyl (C=O) groups is 1. The van der Waals surface area contributed by atoms with Gasteiger partial charge >= 0.3 is 6.09 Å². The molecule has 342 valence electrons. The van der Waals surface area contributed by atoms with Gasteiger partial charge in [-0.3, -0.25) is 4.90 Å². The topological polar surface area (TPSA) is 173 Å². The first kappa shape index (κ1) is 52.7. The Labute approximate surface area is 350 Å². The van der Waals surface area contributed by atoms with Crippen molar-refractivity contribution in [3.8, 4) is 0 Å². The molecule has 2 fully saturated rings. The van der Waals surface area contributed by atoms with Crippen LogP contribution in [0.15, 0.2) is 11.9 Å². The van der Waals surface area contributed by atoms with Crippen LogP contribution < -0.4 is 0 Å². The fourth-order valence-electron chi connectivity index (χ4n) is 7.79. The maximum Gasteiger partial charge on any atom is 0.410 e. The van der Waals surface area contributed by atoms with Gasteiger partial charge in [0.1, 0.15) is 30.0 Å². The highest BCUT2D eigenvalue weighted by molar-refractivity contribution is 5.68. The molecule has 2 heterocycles. The molecule has 0 aliphatic carbocycles. The van der Waals surface area contributed by atoms with Gasteiger partial charge in [-0.15, -0.1) is 0 Å². The molecule has 2 aliphatic heterocycles. The number of carbonyl (C=O) groups excluding carboxylic acids is 1. The summed E-state index contributed by atoms with van der Waals surface area (Å²) >= 11 is 0. The summed E-state index contributed by atoms with van der Waals surface area (Å²) < 4.78 is 31.9. The second-order valence-corrected chi connectivity index (χ2v) is 17.9. The van der Waals surface area contributed by atoms with Crippen LogP contribution in [0.25, 0.3) is 0 Å². The molecule has 6 N–H and O–H groups in total. The van der Waals surface area contributed by atoms with Crippen LogP contribution in [0, 0.1) is 5.92 Å². The minimum Gasteiger partial charge on any atom is -0.444 e. The molecule has 0 aromatic heterocycles. The minimum absolute atomic E-state index is 0.194. The van der Waals surface area contributed by atoms with Crippen molar-refractivity contribution in [3.63, 3.8) is 0 Å². The van der Waals surface area contributed by atoms with Crippen LogP contribution in [-0.2, 0) is 14.2 Å². The Bertz CT molecular complexity index is 1070. The highest BCUT2D eigenvalue weighted by Gasteiger charge is 2.44. The van der Waals surface area contributed by atoms with E-state index in [9.17, 15) is 35.4 Å². The van der Waals surface area contributed by atoms with Crippen LogP contribution in [0.2, 0.25) is 0 Å². The predicted molar refractivity (Wildman–Crippen MR) is 226 cm³/mol. The van der Waals surface area contributed by atoms with E-state index in [-0.39, 0.29) is 19.1 Å². The van der Waals surface area contributed by atoms with Gasteiger partial charge in [-0.1, -0.05) is 122 Å². The molecule has 8 atom stereocenters. The average Bonchev–Trinajstić information content (AvgIpc) is 3.19. The van der Waals surface area contributed by atoms with Crippen LogP contribution in [0.1, 0.15) is 169 Å². The van der Waals surface area contributed by atoms with Crippen molar-refractivity contribution in [1.82, 2.24) is 9.80 Å². The Hall–Kier alpha value is -1.42. The second kappa shape index (κ2) is 30.6. The van der Waals surface area contributed by atoms with Gasteiger partial charge in [-0.25, -0.2) is 9.18 Å². The zero-order chi connectivity index (χ0) is 42.8. The molecule has 13 heteroatoms. The van der Waals surface area contributed by atoms with Gasteiger partial charge in [0.2, 0.25) is 0 Å². The van der Waals surface area contributed by atoms with Gasteiger partial charge in [0.15, 0.2) is 6.29 Å². The zero-order valence-corrected chi connectivity index (χ0v) is 36.8. The van der Waals surface area contributed by atoms with Gasteiger partial charge in [-0.05, 0) is 59.1 Å². The predicted octanol–water partition coefficient (Wildman–Crippen LogP) is 7.15. The Kier molecular flexibility index (Phi) is 27.8. The normalized spacial score (nSPS) is 23.9. The molecule has 12 nitrogen and oxygen atoms in total. The highest BCUT2D eigenvalue weighted by atomic mass is 19.1. The Morgan fingerprint density at radius 2 is 1.28 bits per heavy atom. The third kappa shape index (κ3) is 22.4. The number of nitrogens with zero attached hydrogens (tertiary/aromatic N) is 2. The fourth-order valence-corrected chi connectivity index (χ4v) is 7.79. The van der Waals surface area contributed by atoms with Crippen LogP contribution >= 0.6 is 0 Å². The molecule has 0 aromatic carbocycles. The number of aliphatic hydroxyl groups excluding tert-OH is 6. The smallest absolute Gasteiger partial charge is 0.410 e. The van der Waals surface area contributed by atoms with Crippen LogP contribution in [0.4, 0.5) is 9.18 Å². The fraction of sp³-hybridized carbons (Fsp3) is 0.933. The number of unbranched alkanes of at least 4 members (excludes halogenated alkanes) is 18. The molecule has 0 radical (unpaired) electrons. The van der Waals surface area contributed by atoms with Gasteiger partial charge in [0.25, 0.3) is 0 Å². The maximum atomic E-state index is 15.3. The number of rotatable bonds is 31. The van der Waals surface area contributed by atoms with E-state index in [4.69, 9.17) is 14.2 Å². The van der Waals surface area contributed by atoms with Crippen molar-refractivity contribution in [2.75, 3.05) is 45.9 Å². The molecule has 0 saturated carbocycles. The summed E-state index contributed by atoms with van der Waals surface area (Å²) in [5.41, 5.74) is -0.480. The summed E-state index contributed by atoms with van der Waals surface area (Å²) in [7, 11) is 0. The lowest BCUT2D eigenvalue weighted by atomic mass is 9.93. The van der Waals surface area contributed by atoms with Crippen molar-refractivity contribution in [2.24, 2.45) is 5.92 Å². The molecule has 2 aliphatic rings. The number of halogens is 1. The summed E-state index contributed by atoms with van der Waals surface area (Å²) in [4.78, 5) is 16.5. The number of piperazine rings is 1. The summed E-state index contributed by atoms with van der Waals surface area (Å²) in [6, 6.07) is 0. The molecule has 0 aromatic rings. The molecular weight excluding hydrogens is 747 g/mol. The molecule has 5 unspecified atom stereocenters. The van der Waals surface area contributed by atoms with E-state index >= 15 is 4.39 Å². The lowest BCUT2D eigenvalue weighted by Crippen LogP contribution is -2.59. The summed E-state index contributed by atoms with van der Waals surface area (Å²) in [6.45, 7) is 11.1. The summed E-state index contributed by atoms with van der Waals surface area (Å²) in [5, 5.41) is 62.4. The summed E-state index contributed by atoms with van der Waals surface area (Å²) in [6.07, 6.45) is 14.2. The van der Waals surface area contributed by atoms with E-state index in [1.54, 1.807) is 4.90 Å². The summed E-state index contributed by atoms with van der Waals surface area (Å²) in [5.74, 6) is -1.36. The number of aliphatic hydroxyl groups is 6. The largest absolute Gasteiger partial charge is 0.444 e. The second-order valence-electron chi connectivity index (χ2n) is 17.9. The minimum atomic E-state index is -1.62. The van der Waals surface area contributed by atoms with E-state index < -0.39 is 66.9 Å². The van der Waals surface area contributed by atoms with Gasteiger partial charge in [0, 0.05) is 32.1 Å². The monoisotopic (exact) mass is 833 g/mol. The molecule has 0 spiro atoms. The van der Waals surface area contributed by atoms with E-state index in [1.165, 1.54) is 57.4 Å². The SMILES string of the molecule is CCCCCCCCCCCCCC[C@@H](O)[C@@H](O)[C@@H](/C=C(/F)CCCCCCCCCCN1CCN(C(=O)OC(C)(C)C)CC1)COC1OC(CO)C(O)C(O)C1O. The van der Waals surface area contributed by atoms with Gasteiger partial charge < -0.3 is 49.7 Å². The van der Waals surface area contributed by atoms with Crippen LogP contribution in [0.3, 0.4) is 0 Å². The first-order valence-corrected chi connectivity index (χ1v) is 23.1. The van der Waals surface area contributed by atoms with Crippen molar-refractivity contribution in [2.45, 2.75) is 217 Å². The van der Waals surface area contributed by atoms with Crippen molar-refractivity contribution in [3.05, 3.63) is 11.9 Å². The first-order valence-electron chi connectivity index (χ1n) is 23.1. The van der Waals surface area contributed by atoms with Crippen molar-refractivity contribution >= 4 is 6.09 Å². The quantitative estimate of drug-likeness (QED) is 0.0392. The lowest BCUT2D eigenvalue weighted by molar-refractivity contribution is -0.303. The molecule has 0 bridgehead atoms. The molecule has 1 amide bonds. The number of hydrogen-bond acceptors (Lipinski definition) is 11. The molecular formula is C45H85FN2O10. The Balaban J connectivity index is 1.71. The number of allylic oxidation sites excluding steroid dienone is 1. The standard InChI is InChI=1S/C45H85FN2O10/c1-5-6-7-8-9-10-11-12-13-17-20-23-26-37(50)39(51)35(34-56-43-42(54)41(53)40(52)38(33-49)57-43)32-36(46)25-22-19-16-14-15-18-21-24-27-47-28-30-48(31-29-47)44(55)58-45(2,3)4/h32,35,37-43,49-54H,5-31,33-34H2,1-4H3/b36-32+/t35-,37+,38?,39-,40?,41?,42?,43?/m0/s1. The van der Waals surface area contributed by atoms with Gasteiger partial charge in [-0.2, -0.15) is 0 Å². The van der Waals surface area contributed by atoms with E-state index in [1.807, 2.05) is 20.8 Å². The molecule has 58 heavy (non-hydrogen) atoms. The van der Waals surface area contributed by atoms with E-state index in [0.717, 1.165) is 90.3 Å². The Morgan fingerprint density at radius 1 is 0.759 bits per heavy atom. The zero-order valence-electron chi connectivity index (χ0n) is 36.8. The Morgan fingerprint density at radius 3 is 1.81 bits per heavy atom.